The molecule has 0 N–H and O–H groups in total. The molecule has 2 nitrogen and oxygen atoms in total. The lowest BCUT2D eigenvalue weighted by molar-refractivity contribution is -0.130. The van der Waals surface area contributed by atoms with Crippen molar-refractivity contribution in [1.82, 2.24) is 4.90 Å². The lowest BCUT2D eigenvalue weighted by Gasteiger charge is -2.18. The zero-order valence-electron chi connectivity index (χ0n) is 12.6. The number of rotatable bonds is 11. The van der Waals surface area contributed by atoms with Gasteiger partial charge in [-0.05, 0) is 39.5 Å². The third-order valence-corrected chi connectivity index (χ3v) is 3.27. The maximum absolute atomic E-state index is 11.7. The molecule has 0 atom stereocenters. The molecule has 0 aliphatic heterocycles. The summed E-state index contributed by atoms with van der Waals surface area (Å²) in [6.07, 6.45) is 13.7. The van der Waals surface area contributed by atoms with Gasteiger partial charge in [-0.15, -0.1) is 0 Å². The Balaban J connectivity index is 3.39. The van der Waals surface area contributed by atoms with Gasteiger partial charge in [0.2, 0.25) is 5.91 Å². The van der Waals surface area contributed by atoms with E-state index < -0.39 is 0 Å². The van der Waals surface area contributed by atoms with Crippen molar-refractivity contribution in [3.8, 4) is 0 Å². The van der Waals surface area contributed by atoms with Crippen LogP contribution in [0.5, 0.6) is 0 Å². The number of nitrogens with zero attached hydrogens (tertiary/aromatic N) is 1. The Kier molecular flexibility index (Phi) is 12.1. The molecule has 0 aliphatic carbocycles. The molecule has 0 spiro atoms. The van der Waals surface area contributed by atoms with Crippen LogP contribution in [0.1, 0.15) is 72.1 Å². The second kappa shape index (κ2) is 12.7. The highest BCUT2D eigenvalue weighted by molar-refractivity contribution is 5.75. The molecule has 0 saturated carbocycles. The van der Waals surface area contributed by atoms with Crippen molar-refractivity contribution in [3.05, 3.63) is 12.2 Å². The van der Waals surface area contributed by atoms with Crippen molar-refractivity contribution in [2.24, 2.45) is 0 Å². The molecule has 0 aromatic heterocycles. The van der Waals surface area contributed by atoms with Gasteiger partial charge in [0, 0.05) is 19.5 Å². The fraction of sp³-hybridized carbons (Fsp3) is 0.812. The third kappa shape index (κ3) is 9.26. The Morgan fingerprint density at radius 2 is 1.50 bits per heavy atom. The van der Waals surface area contributed by atoms with Crippen molar-refractivity contribution < 1.29 is 4.79 Å². The summed E-state index contributed by atoms with van der Waals surface area (Å²) in [6, 6.07) is 0. The molecule has 0 bridgehead atoms. The second-order valence-corrected chi connectivity index (χ2v) is 4.78. The summed E-state index contributed by atoms with van der Waals surface area (Å²) in [6.45, 7) is 8.00. The summed E-state index contributed by atoms with van der Waals surface area (Å²) in [5.41, 5.74) is 0. The fourth-order valence-electron chi connectivity index (χ4n) is 2.01. The SMILES string of the molecule is CCCC/C=C/CCCCCC(=O)N(CC)CC. The predicted octanol–water partition coefficient (Wildman–Crippen LogP) is 4.55. The average molecular weight is 253 g/mol. The molecular formula is C16H31NO. The van der Waals surface area contributed by atoms with Crippen LogP contribution in [0.3, 0.4) is 0 Å². The van der Waals surface area contributed by atoms with Crippen molar-refractivity contribution in [2.75, 3.05) is 13.1 Å². The van der Waals surface area contributed by atoms with Crippen LogP contribution in [-0.4, -0.2) is 23.9 Å². The van der Waals surface area contributed by atoms with Gasteiger partial charge in [0.15, 0.2) is 0 Å². The molecule has 106 valence electrons. The number of amides is 1. The normalized spacial score (nSPS) is 11.1. The van der Waals surface area contributed by atoms with Gasteiger partial charge in [-0.1, -0.05) is 38.3 Å². The Morgan fingerprint density at radius 1 is 0.889 bits per heavy atom. The number of carbonyl (C=O) groups excluding carboxylic acids is 1. The van der Waals surface area contributed by atoms with Crippen LogP contribution < -0.4 is 0 Å². The quantitative estimate of drug-likeness (QED) is 0.391. The molecule has 1 amide bonds. The monoisotopic (exact) mass is 253 g/mol. The van der Waals surface area contributed by atoms with Gasteiger partial charge in [-0.25, -0.2) is 0 Å². The summed E-state index contributed by atoms with van der Waals surface area (Å²) < 4.78 is 0. The molecule has 0 fully saturated rings. The molecule has 0 heterocycles. The van der Waals surface area contributed by atoms with Crippen molar-refractivity contribution in [2.45, 2.75) is 72.1 Å². The van der Waals surface area contributed by atoms with Crippen LogP contribution in [0.2, 0.25) is 0 Å². The van der Waals surface area contributed by atoms with Crippen molar-refractivity contribution in [3.63, 3.8) is 0 Å². The fourth-order valence-corrected chi connectivity index (χ4v) is 2.01. The lowest BCUT2D eigenvalue weighted by atomic mass is 10.1. The predicted molar refractivity (Wildman–Crippen MR) is 79.7 cm³/mol. The van der Waals surface area contributed by atoms with Gasteiger partial charge in [0.05, 0.1) is 0 Å². The Bertz CT molecular complexity index is 219. The zero-order valence-corrected chi connectivity index (χ0v) is 12.6. The Hall–Kier alpha value is -0.790. The first-order valence-electron chi connectivity index (χ1n) is 7.68. The number of unbranched alkanes of at least 4 members (excludes halogenated alkanes) is 5. The van der Waals surface area contributed by atoms with Crippen LogP contribution in [0, 0.1) is 0 Å². The molecule has 0 unspecified atom stereocenters. The van der Waals surface area contributed by atoms with E-state index in [1.165, 1.54) is 38.5 Å². The summed E-state index contributed by atoms with van der Waals surface area (Å²) in [5, 5.41) is 0. The van der Waals surface area contributed by atoms with Gasteiger partial charge < -0.3 is 4.90 Å². The van der Waals surface area contributed by atoms with Gasteiger partial charge in [-0.3, -0.25) is 4.79 Å². The van der Waals surface area contributed by atoms with E-state index >= 15 is 0 Å². The van der Waals surface area contributed by atoms with Gasteiger partial charge in [0.25, 0.3) is 0 Å². The van der Waals surface area contributed by atoms with Gasteiger partial charge >= 0.3 is 0 Å². The largest absolute Gasteiger partial charge is 0.343 e. The number of allylic oxidation sites excluding steroid dienone is 2. The Morgan fingerprint density at radius 3 is 2.06 bits per heavy atom. The van der Waals surface area contributed by atoms with E-state index in [1.807, 2.05) is 18.7 Å². The highest BCUT2D eigenvalue weighted by Crippen LogP contribution is 2.06. The summed E-state index contributed by atoms with van der Waals surface area (Å²) in [5.74, 6) is 0.318. The first kappa shape index (κ1) is 17.2. The lowest BCUT2D eigenvalue weighted by Crippen LogP contribution is -2.30. The smallest absolute Gasteiger partial charge is 0.222 e. The van der Waals surface area contributed by atoms with Crippen LogP contribution >= 0.6 is 0 Å². The van der Waals surface area contributed by atoms with E-state index in [4.69, 9.17) is 0 Å². The van der Waals surface area contributed by atoms with E-state index in [2.05, 4.69) is 19.1 Å². The molecule has 0 saturated heterocycles. The molecule has 0 aromatic carbocycles. The van der Waals surface area contributed by atoms with Crippen molar-refractivity contribution in [1.29, 1.82) is 0 Å². The summed E-state index contributed by atoms with van der Waals surface area (Å²) in [7, 11) is 0. The van der Waals surface area contributed by atoms with E-state index in [-0.39, 0.29) is 0 Å². The third-order valence-electron chi connectivity index (χ3n) is 3.27. The summed E-state index contributed by atoms with van der Waals surface area (Å²) >= 11 is 0. The highest BCUT2D eigenvalue weighted by atomic mass is 16.2. The molecular weight excluding hydrogens is 222 g/mol. The first-order valence-corrected chi connectivity index (χ1v) is 7.68. The molecule has 18 heavy (non-hydrogen) atoms. The number of carbonyl (C=O) groups is 1. The Labute approximate surface area is 113 Å². The second-order valence-electron chi connectivity index (χ2n) is 4.78. The van der Waals surface area contributed by atoms with Crippen LogP contribution in [0.25, 0.3) is 0 Å². The van der Waals surface area contributed by atoms with Crippen LogP contribution in [0.4, 0.5) is 0 Å². The maximum Gasteiger partial charge on any atom is 0.222 e. The minimum absolute atomic E-state index is 0.318. The van der Waals surface area contributed by atoms with E-state index in [1.54, 1.807) is 0 Å². The summed E-state index contributed by atoms with van der Waals surface area (Å²) in [4.78, 5) is 13.6. The standard InChI is InChI=1S/C16H31NO/c1-4-7-8-9-10-11-12-13-14-15-16(18)17(5-2)6-3/h9-10H,4-8,11-15H2,1-3H3/b10-9+. The van der Waals surface area contributed by atoms with Crippen molar-refractivity contribution >= 4 is 5.91 Å². The van der Waals surface area contributed by atoms with Gasteiger partial charge in [0.1, 0.15) is 0 Å². The average Bonchev–Trinajstić information content (AvgIpc) is 2.38. The minimum atomic E-state index is 0.318. The van der Waals surface area contributed by atoms with Crippen LogP contribution in [0.15, 0.2) is 12.2 Å². The molecule has 0 rings (SSSR count). The molecule has 2 heteroatoms. The molecule has 0 aromatic rings. The minimum Gasteiger partial charge on any atom is -0.343 e. The van der Waals surface area contributed by atoms with Crippen LogP contribution in [-0.2, 0) is 4.79 Å². The van der Waals surface area contributed by atoms with E-state index in [0.29, 0.717) is 5.91 Å². The number of hydrogen-bond acceptors (Lipinski definition) is 1. The number of hydrogen-bond donors (Lipinski definition) is 0. The molecule has 0 radical (unpaired) electrons. The van der Waals surface area contributed by atoms with E-state index in [9.17, 15) is 4.79 Å². The maximum atomic E-state index is 11.7. The molecule has 0 aliphatic rings. The van der Waals surface area contributed by atoms with Gasteiger partial charge in [-0.2, -0.15) is 0 Å². The first-order chi connectivity index (χ1) is 8.76. The topological polar surface area (TPSA) is 20.3 Å². The zero-order chi connectivity index (χ0) is 13.6. The van der Waals surface area contributed by atoms with E-state index in [0.717, 1.165) is 25.9 Å². The highest BCUT2D eigenvalue weighted by Gasteiger charge is 2.07.